The number of amides is 1. The maximum atomic E-state index is 11.9. The summed E-state index contributed by atoms with van der Waals surface area (Å²) >= 11 is 0. The lowest BCUT2D eigenvalue weighted by Gasteiger charge is -2.27. The minimum absolute atomic E-state index is 0.114. The Morgan fingerprint density at radius 2 is 1.81 bits per heavy atom. The predicted octanol–water partition coefficient (Wildman–Crippen LogP) is 3.71. The molecule has 0 bridgehead atoms. The van der Waals surface area contributed by atoms with E-state index < -0.39 is 5.60 Å². The third-order valence-corrected chi connectivity index (χ3v) is 4.03. The van der Waals surface area contributed by atoms with E-state index in [4.69, 9.17) is 4.74 Å². The maximum absolute atomic E-state index is 11.9. The van der Waals surface area contributed by atoms with Crippen molar-refractivity contribution in [1.82, 2.24) is 10.6 Å². The van der Waals surface area contributed by atoms with E-state index in [1.54, 1.807) is 0 Å². The number of carbonyl (C=O) groups is 1. The number of hydrogen-bond donors (Lipinski definition) is 2. The zero-order valence-electron chi connectivity index (χ0n) is 14.5. The summed E-state index contributed by atoms with van der Waals surface area (Å²) in [6.07, 6.45) is 6.51. The molecule has 0 aromatic rings. The third-order valence-electron chi connectivity index (χ3n) is 4.03. The van der Waals surface area contributed by atoms with E-state index in [2.05, 4.69) is 24.5 Å². The third kappa shape index (κ3) is 8.30. The number of carbonyl (C=O) groups excluding carboxylic acids is 1. The molecule has 124 valence electrons. The van der Waals surface area contributed by atoms with Crippen LogP contribution in [0.15, 0.2) is 0 Å². The molecule has 1 atom stereocenters. The van der Waals surface area contributed by atoms with Crippen LogP contribution in [0.3, 0.4) is 0 Å². The molecule has 1 unspecified atom stereocenters. The molecule has 1 fully saturated rings. The largest absolute Gasteiger partial charge is 0.444 e. The maximum Gasteiger partial charge on any atom is 0.407 e. The van der Waals surface area contributed by atoms with E-state index in [0.717, 1.165) is 19.0 Å². The zero-order valence-corrected chi connectivity index (χ0v) is 14.5. The van der Waals surface area contributed by atoms with Gasteiger partial charge in [0.15, 0.2) is 0 Å². The standard InChI is InChI=1S/C17H34N2O2/c1-13(2)15(19-16(20)21-17(3,4)5)12-18-11-14-9-7-6-8-10-14/h13-15,18H,6-12H2,1-5H3,(H,19,20). The molecule has 0 aliphatic heterocycles. The van der Waals surface area contributed by atoms with Crippen LogP contribution in [-0.4, -0.2) is 30.8 Å². The first-order valence-corrected chi connectivity index (χ1v) is 8.48. The van der Waals surface area contributed by atoms with Gasteiger partial charge in [-0.2, -0.15) is 0 Å². The first kappa shape index (κ1) is 18.3. The van der Waals surface area contributed by atoms with Crippen molar-refractivity contribution in [2.24, 2.45) is 11.8 Å². The number of ether oxygens (including phenoxy) is 1. The lowest BCUT2D eigenvalue weighted by atomic mass is 9.89. The minimum atomic E-state index is -0.443. The second kappa shape index (κ2) is 8.62. The summed E-state index contributed by atoms with van der Waals surface area (Å²) < 4.78 is 5.34. The fourth-order valence-corrected chi connectivity index (χ4v) is 2.75. The van der Waals surface area contributed by atoms with E-state index in [-0.39, 0.29) is 12.1 Å². The van der Waals surface area contributed by atoms with Gasteiger partial charge < -0.3 is 15.4 Å². The van der Waals surface area contributed by atoms with Gasteiger partial charge in [-0.15, -0.1) is 0 Å². The van der Waals surface area contributed by atoms with Gasteiger partial charge in [0.1, 0.15) is 5.60 Å². The number of rotatable bonds is 6. The molecule has 1 rings (SSSR count). The van der Waals surface area contributed by atoms with Crippen LogP contribution < -0.4 is 10.6 Å². The van der Waals surface area contributed by atoms with Gasteiger partial charge in [0.05, 0.1) is 0 Å². The quantitative estimate of drug-likeness (QED) is 0.786. The SMILES string of the molecule is CC(C)C(CNCC1CCCCC1)NC(=O)OC(C)(C)C. The topological polar surface area (TPSA) is 50.4 Å². The number of nitrogens with one attached hydrogen (secondary N) is 2. The van der Waals surface area contributed by atoms with Crippen LogP contribution >= 0.6 is 0 Å². The number of alkyl carbamates (subject to hydrolysis) is 1. The lowest BCUT2D eigenvalue weighted by Crippen LogP contribution is -2.47. The van der Waals surface area contributed by atoms with Crippen LogP contribution in [0.25, 0.3) is 0 Å². The molecule has 0 spiro atoms. The van der Waals surface area contributed by atoms with Crippen molar-refractivity contribution in [1.29, 1.82) is 0 Å². The summed E-state index contributed by atoms with van der Waals surface area (Å²) in [5, 5.41) is 6.52. The smallest absolute Gasteiger partial charge is 0.407 e. The Hall–Kier alpha value is -0.770. The highest BCUT2D eigenvalue weighted by molar-refractivity contribution is 5.68. The highest BCUT2D eigenvalue weighted by atomic mass is 16.6. The molecule has 2 N–H and O–H groups in total. The Balaban J connectivity index is 2.30. The van der Waals surface area contributed by atoms with Crippen molar-refractivity contribution in [2.75, 3.05) is 13.1 Å². The molecule has 1 aliphatic carbocycles. The van der Waals surface area contributed by atoms with E-state index in [9.17, 15) is 4.79 Å². The van der Waals surface area contributed by atoms with Crippen molar-refractivity contribution in [3.8, 4) is 0 Å². The van der Waals surface area contributed by atoms with Gasteiger partial charge in [-0.3, -0.25) is 0 Å². The summed E-state index contributed by atoms with van der Waals surface area (Å²) in [6.45, 7) is 11.8. The summed E-state index contributed by atoms with van der Waals surface area (Å²) in [5.74, 6) is 1.20. The van der Waals surface area contributed by atoms with Crippen molar-refractivity contribution < 1.29 is 9.53 Å². The Kier molecular flexibility index (Phi) is 7.50. The molecule has 0 radical (unpaired) electrons. The van der Waals surface area contributed by atoms with Gasteiger partial charge >= 0.3 is 6.09 Å². The number of hydrogen-bond acceptors (Lipinski definition) is 3. The van der Waals surface area contributed by atoms with Crippen molar-refractivity contribution in [3.05, 3.63) is 0 Å². The first-order valence-electron chi connectivity index (χ1n) is 8.48. The van der Waals surface area contributed by atoms with Gasteiger partial charge in [0.2, 0.25) is 0 Å². The fourth-order valence-electron chi connectivity index (χ4n) is 2.75. The zero-order chi connectivity index (χ0) is 15.9. The summed E-state index contributed by atoms with van der Waals surface area (Å²) in [6, 6.07) is 0.114. The molecule has 1 amide bonds. The van der Waals surface area contributed by atoms with Gasteiger partial charge in [0.25, 0.3) is 0 Å². The molecule has 0 saturated heterocycles. The van der Waals surface area contributed by atoms with Crippen LogP contribution in [-0.2, 0) is 4.74 Å². The summed E-state index contributed by atoms with van der Waals surface area (Å²) in [4.78, 5) is 11.9. The van der Waals surface area contributed by atoms with Crippen LogP contribution in [0.5, 0.6) is 0 Å². The monoisotopic (exact) mass is 298 g/mol. The Morgan fingerprint density at radius 3 is 2.33 bits per heavy atom. The average molecular weight is 298 g/mol. The Bertz CT molecular complexity index is 304. The Labute approximate surface area is 130 Å². The van der Waals surface area contributed by atoms with E-state index >= 15 is 0 Å². The summed E-state index contributed by atoms with van der Waals surface area (Å²) in [5.41, 5.74) is -0.443. The van der Waals surface area contributed by atoms with E-state index in [1.807, 2.05) is 20.8 Å². The molecular weight excluding hydrogens is 264 g/mol. The molecular formula is C17H34N2O2. The van der Waals surface area contributed by atoms with Crippen molar-refractivity contribution >= 4 is 6.09 Å². The molecule has 0 heterocycles. The molecule has 0 aromatic heterocycles. The summed E-state index contributed by atoms with van der Waals surface area (Å²) in [7, 11) is 0. The van der Waals surface area contributed by atoms with E-state index in [1.165, 1.54) is 32.1 Å². The minimum Gasteiger partial charge on any atom is -0.444 e. The molecule has 21 heavy (non-hydrogen) atoms. The molecule has 4 heteroatoms. The first-order chi connectivity index (χ1) is 9.78. The fraction of sp³-hybridized carbons (Fsp3) is 0.941. The molecule has 4 nitrogen and oxygen atoms in total. The highest BCUT2D eigenvalue weighted by Crippen LogP contribution is 2.22. The molecule has 1 saturated carbocycles. The van der Waals surface area contributed by atoms with Crippen LogP contribution in [0.1, 0.15) is 66.7 Å². The average Bonchev–Trinajstić information content (AvgIpc) is 2.36. The van der Waals surface area contributed by atoms with Crippen LogP contribution in [0.4, 0.5) is 4.79 Å². The Morgan fingerprint density at radius 1 is 1.19 bits per heavy atom. The van der Waals surface area contributed by atoms with Crippen molar-refractivity contribution in [3.63, 3.8) is 0 Å². The second-order valence-corrected chi connectivity index (χ2v) is 7.66. The van der Waals surface area contributed by atoms with E-state index in [0.29, 0.717) is 5.92 Å². The molecule has 0 aromatic carbocycles. The van der Waals surface area contributed by atoms with Gasteiger partial charge in [0, 0.05) is 12.6 Å². The van der Waals surface area contributed by atoms with Gasteiger partial charge in [-0.25, -0.2) is 4.79 Å². The van der Waals surface area contributed by atoms with Gasteiger partial charge in [-0.1, -0.05) is 33.1 Å². The van der Waals surface area contributed by atoms with Gasteiger partial charge in [-0.05, 0) is 52.0 Å². The molecule has 1 aliphatic rings. The second-order valence-electron chi connectivity index (χ2n) is 7.66. The van der Waals surface area contributed by atoms with Crippen LogP contribution in [0, 0.1) is 11.8 Å². The van der Waals surface area contributed by atoms with Crippen molar-refractivity contribution in [2.45, 2.75) is 78.4 Å². The normalized spacial score (nSPS) is 18.6. The highest BCUT2D eigenvalue weighted by Gasteiger charge is 2.21. The predicted molar refractivity (Wildman–Crippen MR) is 87.4 cm³/mol. The lowest BCUT2D eigenvalue weighted by molar-refractivity contribution is 0.0489. The van der Waals surface area contributed by atoms with Crippen LogP contribution in [0.2, 0.25) is 0 Å².